The maximum atomic E-state index is 11.2. The number of phenolic OH excluding ortho intramolecular Hbond substituents is 1. The quantitative estimate of drug-likeness (QED) is 0.698. The summed E-state index contributed by atoms with van der Waals surface area (Å²) in [5.74, 6) is -1.53. The van der Waals surface area contributed by atoms with E-state index in [1.54, 1.807) is 18.2 Å². The van der Waals surface area contributed by atoms with E-state index < -0.39 is 11.8 Å². The van der Waals surface area contributed by atoms with Crippen molar-refractivity contribution in [1.82, 2.24) is 10.6 Å². The summed E-state index contributed by atoms with van der Waals surface area (Å²) in [6.45, 7) is 0. The van der Waals surface area contributed by atoms with E-state index in [0.29, 0.717) is 17.6 Å². The fourth-order valence-corrected chi connectivity index (χ4v) is 2.71. The van der Waals surface area contributed by atoms with E-state index in [0.717, 1.165) is 5.56 Å². The highest BCUT2D eigenvalue weighted by atomic mass is 16.3. The molecule has 0 aliphatic carbocycles. The van der Waals surface area contributed by atoms with Crippen LogP contribution in [0.15, 0.2) is 72.3 Å². The van der Waals surface area contributed by atoms with Gasteiger partial charge in [0, 0.05) is 29.7 Å². The number of hydrogen-bond acceptors (Lipinski definition) is 5. The van der Waals surface area contributed by atoms with Gasteiger partial charge in [-0.2, -0.15) is 0 Å². The SMILES string of the molecule is O=C1C=C(Cc2ccccc2)C(=O)N1.O=C1C=C(c2ccccc2O)C(=O)N1. The lowest BCUT2D eigenvalue weighted by molar-refractivity contribution is -0.125. The zero-order chi connectivity index (χ0) is 20.1. The molecular weight excluding hydrogens is 360 g/mol. The second-order valence-corrected chi connectivity index (χ2v) is 6.04. The Hall–Kier alpha value is -4.00. The molecule has 0 unspecified atom stereocenters. The molecule has 7 nitrogen and oxygen atoms in total. The normalized spacial score (nSPS) is 15.3. The van der Waals surface area contributed by atoms with Crippen LogP contribution in [0.25, 0.3) is 5.57 Å². The highest BCUT2D eigenvalue weighted by molar-refractivity contribution is 6.33. The van der Waals surface area contributed by atoms with Crippen molar-refractivity contribution in [3.8, 4) is 5.75 Å². The number of benzene rings is 2. The van der Waals surface area contributed by atoms with Gasteiger partial charge in [-0.25, -0.2) is 0 Å². The third-order valence-electron chi connectivity index (χ3n) is 4.02. The number of rotatable bonds is 3. The van der Waals surface area contributed by atoms with Crippen LogP contribution in [0.3, 0.4) is 0 Å². The fourth-order valence-electron chi connectivity index (χ4n) is 2.71. The van der Waals surface area contributed by atoms with Gasteiger partial charge in [0.2, 0.25) is 0 Å². The number of carbonyl (C=O) groups excluding carboxylic acids is 4. The Morgan fingerprint density at radius 1 is 0.714 bits per heavy atom. The number of hydrogen-bond donors (Lipinski definition) is 3. The zero-order valence-corrected chi connectivity index (χ0v) is 14.6. The molecule has 2 aliphatic rings. The summed E-state index contributed by atoms with van der Waals surface area (Å²) < 4.78 is 0. The Kier molecular flexibility index (Phi) is 5.45. The molecule has 28 heavy (non-hydrogen) atoms. The van der Waals surface area contributed by atoms with Crippen LogP contribution in [0.1, 0.15) is 11.1 Å². The van der Waals surface area contributed by atoms with E-state index in [4.69, 9.17) is 0 Å². The van der Waals surface area contributed by atoms with Gasteiger partial charge in [-0.05, 0) is 11.6 Å². The Bertz CT molecular complexity index is 1020. The van der Waals surface area contributed by atoms with Gasteiger partial charge in [-0.15, -0.1) is 0 Å². The number of carbonyl (C=O) groups is 4. The molecule has 2 aromatic rings. The fraction of sp³-hybridized carbons (Fsp3) is 0.0476. The van der Waals surface area contributed by atoms with Crippen LogP contribution in [0.2, 0.25) is 0 Å². The highest BCUT2D eigenvalue weighted by Gasteiger charge is 2.23. The van der Waals surface area contributed by atoms with E-state index in [1.165, 1.54) is 18.2 Å². The summed E-state index contributed by atoms with van der Waals surface area (Å²) in [6.07, 6.45) is 3.05. The summed E-state index contributed by atoms with van der Waals surface area (Å²) in [4.78, 5) is 44.1. The summed E-state index contributed by atoms with van der Waals surface area (Å²) in [6, 6.07) is 16.0. The van der Waals surface area contributed by atoms with Crippen molar-refractivity contribution in [2.75, 3.05) is 0 Å². The van der Waals surface area contributed by atoms with Gasteiger partial charge in [-0.1, -0.05) is 48.5 Å². The number of amides is 4. The summed E-state index contributed by atoms with van der Waals surface area (Å²) in [5, 5.41) is 13.8. The minimum Gasteiger partial charge on any atom is -0.507 e. The van der Waals surface area contributed by atoms with Crippen LogP contribution in [0, 0.1) is 0 Å². The standard InChI is InChI=1S/C11H9NO2.C10H7NO3/c13-10-7-9(11(14)12-10)6-8-4-2-1-3-5-8;12-8-4-2-1-3-6(8)7-5-9(13)11-10(7)14/h1-5,7H,6H2,(H,12,13,14);1-5,12H,(H,11,13,14). The predicted octanol–water partition coefficient (Wildman–Crippen LogP) is 1.24. The number of phenols is 1. The van der Waals surface area contributed by atoms with Gasteiger partial charge in [0.25, 0.3) is 23.6 Å². The molecule has 0 aromatic heterocycles. The first kappa shape index (κ1) is 18.8. The van der Waals surface area contributed by atoms with Crippen molar-refractivity contribution in [3.63, 3.8) is 0 Å². The molecule has 0 saturated heterocycles. The predicted molar refractivity (Wildman–Crippen MR) is 101 cm³/mol. The van der Waals surface area contributed by atoms with Crippen molar-refractivity contribution in [1.29, 1.82) is 0 Å². The first-order valence-corrected chi connectivity index (χ1v) is 8.39. The minimum atomic E-state index is -0.475. The topological polar surface area (TPSA) is 113 Å². The Morgan fingerprint density at radius 3 is 1.89 bits per heavy atom. The van der Waals surface area contributed by atoms with Gasteiger partial charge in [-0.3, -0.25) is 29.8 Å². The molecular formula is C21H16N2O5. The molecule has 140 valence electrons. The number of para-hydroxylation sites is 1. The van der Waals surface area contributed by atoms with Crippen molar-refractivity contribution in [2.24, 2.45) is 0 Å². The van der Waals surface area contributed by atoms with Crippen LogP contribution in [-0.2, 0) is 25.6 Å². The molecule has 0 atom stereocenters. The smallest absolute Gasteiger partial charge is 0.259 e. The van der Waals surface area contributed by atoms with E-state index in [9.17, 15) is 24.3 Å². The van der Waals surface area contributed by atoms with Crippen LogP contribution in [0.4, 0.5) is 0 Å². The maximum Gasteiger partial charge on any atom is 0.259 e. The number of aromatic hydroxyl groups is 1. The molecule has 2 heterocycles. The van der Waals surface area contributed by atoms with Gasteiger partial charge in [0.15, 0.2) is 0 Å². The monoisotopic (exact) mass is 376 g/mol. The van der Waals surface area contributed by atoms with E-state index in [2.05, 4.69) is 10.6 Å². The molecule has 2 aromatic carbocycles. The molecule has 0 fully saturated rings. The molecule has 4 rings (SSSR count). The van der Waals surface area contributed by atoms with E-state index >= 15 is 0 Å². The summed E-state index contributed by atoms with van der Waals surface area (Å²) >= 11 is 0. The average molecular weight is 376 g/mol. The van der Waals surface area contributed by atoms with Crippen molar-refractivity contribution in [3.05, 3.63) is 83.4 Å². The molecule has 0 saturated carbocycles. The van der Waals surface area contributed by atoms with Crippen molar-refractivity contribution >= 4 is 29.2 Å². The molecule has 0 radical (unpaired) electrons. The lowest BCUT2D eigenvalue weighted by Crippen LogP contribution is -2.22. The Balaban J connectivity index is 0.000000161. The lowest BCUT2D eigenvalue weighted by Gasteiger charge is -2.01. The second kappa shape index (κ2) is 8.13. The van der Waals surface area contributed by atoms with E-state index in [1.807, 2.05) is 30.3 Å². The lowest BCUT2D eigenvalue weighted by atomic mass is 10.1. The maximum absolute atomic E-state index is 11.2. The molecule has 0 bridgehead atoms. The first-order valence-electron chi connectivity index (χ1n) is 8.39. The van der Waals surface area contributed by atoms with Crippen molar-refractivity contribution in [2.45, 2.75) is 6.42 Å². The summed E-state index contributed by atoms with van der Waals surface area (Å²) in [7, 11) is 0. The minimum absolute atomic E-state index is 0.0106. The van der Waals surface area contributed by atoms with Crippen LogP contribution in [0.5, 0.6) is 5.75 Å². The first-order chi connectivity index (χ1) is 13.4. The molecule has 4 amide bonds. The third-order valence-corrected chi connectivity index (χ3v) is 4.02. The zero-order valence-electron chi connectivity index (χ0n) is 14.6. The van der Waals surface area contributed by atoms with Gasteiger partial charge >= 0.3 is 0 Å². The number of imide groups is 2. The largest absolute Gasteiger partial charge is 0.507 e. The van der Waals surface area contributed by atoms with Crippen LogP contribution < -0.4 is 10.6 Å². The Morgan fingerprint density at radius 2 is 1.32 bits per heavy atom. The van der Waals surface area contributed by atoms with Crippen molar-refractivity contribution < 1.29 is 24.3 Å². The second-order valence-electron chi connectivity index (χ2n) is 6.04. The van der Waals surface area contributed by atoms with Gasteiger partial charge < -0.3 is 5.11 Å². The number of nitrogens with one attached hydrogen (secondary N) is 2. The molecule has 3 N–H and O–H groups in total. The molecule has 0 spiro atoms. The Labute approximate surface area is 160 Å². The average Bonchev–Trinajstić information content (AvgIpc) is 3.17. The van der Waals surface area contributed by atoms with E-state index in [-0.39, 0.29) is 23.1 Å². The summed E-state index contributed by atoms with van der Waals surface area (Å²) in [5.41, 5.74) is 2.13. The van der Waals surface area contributed by atoms with Gasteiger partial charge in [0.05, 0.1) is 5.57 Å². The van der Waals surface area contributed by atoms with Gasteiger partial charge in [0.1, 0.15) is 5.75 Å². The molecule has 2 aliphatic heterocycles. The third kappa shape index (κ3) is 4.39. The highest BCUT2D eigenvalue weighted by Crippen LogP contribution is 2.26. The molecule has 7 heteroatoms. The van der Waals surface area contributed by atoms with Crippen LogP contribution >= 0.6 is 0 Å². The van der Waals surface area contributed by atoms with Crippen LogP contribution in [-0.4, -0.2) is 28.7 Å².